The summed E-state index contributed by atoms with van der Waals surface area (Å²) in [7, 11) is -3.37. The SMILES string of the molecule is CSc1cccc(S(=O)(=O)N2C3CCNCC2CC3)c1. The van der Waals surface area contributed by atoms with E-state index >= 15 is 0 Å². The zero-order chi connectivity index (χ0) is 14.2. The molecule has 2 bridgehead atoms. The Bertz CT molecular complexity index is 575. The molecular formula is C14H20N2O2S2. The average Bonchev–Trinajstić information content (AvgIpc) is 2.73. The van der Waals surface area contributed by atoms with E-state index in [1.54, 1.807) is 28.2 Å². The Morgan fingerprint density at radius 1 is 1.25 bits per heavy atom. The van der Waals surface area contributed by atoms with Gasteiger partial charge in [-0.1, -0.05) is 6.07 Å². The van der Waals surface area contributed by atoms with Crippen molar-refractivity contribution in [1.82, 2.24) is 9.62 Å². The molecular weight excluding hydrogens is 292 g/mol. The number of rotatable bonds is 3. The van der Waals surface area contributed by atoms with Crippen molar-refractivity contribution >= 4 is 21.8 Å². The molecule has 2 aliphatic rings. The molecule has 0 aromatic heterocycles. The van der Waals surface area contributed by atoms with Crippen LogP contribution in [-0.2, 0) is 10.0 Å². The first-order valence-electron chi connectivity index (χ1n) is 7.01. The summed E-state index contributed by atoms with van der Waals surface area (Å²) in [6.07, 6.45) is 4.84. The van der Waals surface area contributed by atoms with Gasteiger partial charge in [-0.3, -0.25) is 0 Å². The van der Waals surface area contributed by atoms with E-state index < -0.39 is 10.0 Å². The van der Waals surface area contributed by atoms with E-state index in [4.69, 9.17) is 0 Å². The minimum atomic E-state index is -3.37. The summed E-state index contributed by atoms with van der Waals surface area (Å²) < 4.78 is 27.7. The van der Waals surface area contributed by atoms with Crippen LogP contribution in [0.4, 0.5) is 0 Å². The summed E-state index contributed by atoms with van der Waals surface area (Å²) in [6, 6.07) is 7.56. The molecule has 6 heteroatoms. The van der Waals surface area contributed by atoms with Gasteiger partial charge < -0.3 is 5.32 Å². The van der Waals surface area contributed by atoms with E-state index in [0.717, 1.165) is 37.2 Å². The lowest BCUT2D eigenvalue weighted by molar-refractivity contribution is 0.334. The van der Waals surface area contributed by atoms with Gasteiger partial charge in [0.2, 0.25) is 10.0 Å². The van der Waals surface area contributed by atoms with E-state index in [2.05, 4.69) is 5.32 Å². The van der Waals surface area contributed by atoms with Gasteiger partial charge in [0.1, 0.15) is 0 Å². The van der Waals surface area contributed by atoms with Crippen molar-refractivity contribution in [3.63, 3.8) is 0 Å². The van der Waals surface area contributed by atoms with Crippen molar-refractivity contribution < 1.29 is 8.42 Å². The van der Waals surface area contributed by atoms with E-state index in [1.165, 1.54) is 0 Å². The monoisotopic (exact) mass is 312 g/mol. The zero-order valence-electron chi connectivity index (χ0n) is 11.6. The zero-order valence-corrected chi connectivity index (χ0v) is 13.2. The van der Waals surface area contributed by atoms with Gasteiger partial charge in [-0.2, -0.15) is 4.31 Å². The highest BCUT2D eigenvalue weighted by atomic mass is 32.2. The Hall–Kier alpha value is -0.560. The Balaban J connectivity index is 1.98. The maximum absolute atomic E-state index is 13.0. The molecule has 110 valence electrons. The summed E-state index contributed by atoms with van der Waals surface area (Å²) in [4.78, 5) is 1.43. The molecule has 2 heterocycles. The minimum Gasteiger partial charge on any atom is -0.315 e. The van der Waals surface area contributed by atoms with Crippen LogP contribution in [0.2, 0.25) is 0 Å². The number of hydrogen-bond acceptors (Lipinski definition) is 4. The van der Waals surface area contributed by atoms with Gasteiger partial charge in [0.25, 0.3) is 0 Å². The van der Waals surface area contributed by atoms with Crippen molar-refractivity contribution in [2.45, 2.75) is 41.1 Å². The lowest BCUT2D eigenvalue weighted by atomic mass is 10.1. The topological polar surface area (TPSA) is 49.4 Å². The van der Waals surface area contributed by atoms with Crippen molar-refractivity contribution in [3.8, 4) is 0 Å². The molecule has 0 radical (unpaired) electrons. The molecule has 2 saturated heterocycles. The van der Waals surface area contributed by atoms with Gasteiger partial charge in [-0.05, 0) is 50.3 Å². The second-order valence-electron chi connectivity index (χ2n) is 5.39. The number of benzene rings is 1. The van der Waals surface area contributed by atoms with Crippen LogP contribution in [0.25, 0.3) is 0 Å². The maximum Gasteiger partial charge on any atom is 0.243 e. The number of nitrogens with one attached hydrogen (secondary N) is 1. The van der Waals surface area contributed by atoms with Crippen LogP contribution >= 0.6 is 11.8 Å². The molecule has 2 aliphatic heterocycles. The molecule has 20 heavy (non-hydrogen) atoms. The lowest BCUT2D eigenvalue weighted by Crippen LogP contribution is -2.42. The van der Waals surface area contributed by atoms with E-state index in [1.807, 2.05) is 18.4 Å². The first kappa shape index (κ1) is 14.4. The molecule has 0 aliphatic carbocycles. The number of thioether (sulfide) groups is 1. The number of fused-ring (bicyclic) bond motifs is 2. The highest BCUT2D eigenvalue weighted by Gasteiger charge is 2.42. The maximum atomic E-state index is 13.0. The summed E-state index contributed by atoms with van der Waals surface area (Å²) in [5.41, 5.74) is 0. The third-order valence-electron chi connectivity index (χ3n) is 4.20. The first-order valence-corrected chi connectivity index (χ1v) is 9.68. The molecule has 0 amide bonds. The third-order valence-corrected chi connectivity index (χ3v) is 6.93. The predicted molar refractivity (Wildman–Crippen MR) is 81.5 cm³/mol. The molecule has 1 aromatic carbocycles. The van der Waals surface area contributed by atoms with E-state index in [-0.39, 0.29) is 12.1 Å². The predicted octanol–water partition coefficient (Wildman–Crippen LogP) is 1.92. The Kier molecular flexibility index (Phi) is 4.08. The molecule has 4 nitrogen and oxygen atoms in total. The number of sulfonamides is 1. The smallest absolute Gasteiger partial charge is 0.243 e. The summed E-state index contributed by atoms with van der Waals surface area (Å²) in [6.45, 7) is 1.69. The van der Waals surface area contributed by atoms with Crippen LogP contribution in [0.15, 0.2) is 34.1 Å². The van der Waals surface area contributed by atoms with Gasteiger partial charge in [0, 0.05) is 23.5 Å². The Morgan fingerprint density at radius 2 is 2.05 bits per heavy atom. The van der Waals surface area contributed by atoms with Crippen molar-refractivity contribution in [3.05, 3.63) is 24.3 Å². The van der Waals surface area contributed by atoms with Crippen LogP contribution < -0.4 is 5.32 Å². The van der Waals surface area contributed by atoms with Crippen LogP contribution in [0.5, 0.6) is 0 Å². The van der Waals surface area contributed by atoms with E-state index in [9.17, 15) is 8.42 Å². The van der Waals surface area contributed by atoms with Gasteiger partial charge in [0.05, 0.1) is 4.90 Å². The highest BCUT2D eigenvalue weighted by Crippen LogP contribution is 2.34. The first-order chi connectivity index (χ1) is 9.63. The van der Waals surface area contributed by atoms with Gasteiger partial charge >= 0.3 is 0 Å². The Labute approximate surface area is 125 Å². The van der Waals surface area contributed by atoms with Crippen LogP contribution in [-0.4, -0.2) is 44.2 Å². The average molecular weight is 312 g/mol. The van der Waals surface area contributed by atoms with Crippen LogP contribution in [0.3, 0.4) is 0 Å². The van der Waals surface area contributed by atoms with Crippen molar-refractivity contribution in [2.24, 2.45) is 0 Å². The van der Waals surface area contributed by atoms with E-state index in [0.29, 0.717) is 4.90 Å². The molecule has 1 aromatic rings. The molecule has 2 unspecified atom stereocenters. The number of hydrogen-bond donors (Lipinski definition) is 1. The quantitative estimate of drug-likeness (QED) is 0.867. The largest absolute Gasteiger partial charge is 0.315 e. The highest BCUT2D eigenvalue weighted by molar-refractivity contribution is 7.98. The normalized spacial score (nSPS) is 27.4. The van der Waals surface area contributed by atoms with Crippen LogP contribution in [0.1, 0.15) is 19.3 Å². The van der Waals surface area contributed by atoms with Gasteiger partial charge in [0.15, 0.2) is 0 Å². The second kappa shape index (κ2) is 5.67. The summed E-state index contributed by atoms with van der Waals surface area (Å²) in [5, 5.41) is 3.34. The Morgan fingerprint density at radius 3 is 2.85 bits per heavy atom. The van der Waals surface area contributed by atoms with Gasteiger partial charge in [-0.25, -0.2) is 8.42 Å². The molecule has 1 N–H and O–H groups in total. The second-order valence-corrected chi connectivity index (χ2v) is 8.11. The number of nitrogens with zero attached hydrogens (tertiary/aromatic N) is 1. The molecule has 0 spiro atoms. The van der Waals surface area contributed by atoms with Crippen molar-refractivity contribution in [2.75, 3.05) is 19.3 Å². The molecule has 2 fully saturated rings. The fourth-order valence-electron chi connectivity index (χ4n) is 3.21. The fraction of sp³-hybridized carbons (Fsp3) is 0.571. The van der Waals surface area contributed by atoms with Crippen molar-refractivity contribution in [1.29, 1.82) is 0 Å². The lowest BCUT2D eigenvalue weighted by Gasteiger charge is -2.27. The molecule has 0 saturated carbocycles. The summed E-state index contributed by atoms with van der Waals surface area (Å²) in [5.74, 6) is 0. The fourth-order valence-corrected chi connectivity index (χ4v) is 5.69. The standard InChI is InChI=1S/C14H20N2O2S2/c1-19-13-3-2-4-14(9-13)20(17,18)16-11-5-6-12(16)10-15-8-7-11/h2-4,9,11-12,15H,5-8,10H2,1H3. The van der Waals surface area contributed by atoms with Gasteiger partial charge in [-0.15, -0.1) is 11.8 Å². The summed E-state index contributed by atoms with van der Waals surface area (Å²) >= 11 is 1.57. The molecule has 3 rings (SSSR count). The van der Waals surface area contributed by atoms with Crippen LogP contribution in [0, 0.1) is 0 Å². The third kappa shape index (κ3) is 2.50. The molecule has 2 atom stereocenters. The minimum absolute atomic E-state index is 0.116.